The van der Waals surface area contributed by atoms with Gasteiger partial charge >= 0.3 is 0 Å². The number of para-hydroxylation sites is 1. The monoisotopic (exact) mass is 441 g/mol. The summed E-state index contributed by atoms with van der Waals surface area (Å²) in [6.45, 7) is 0.743. The van der Waals surface area contributed by atoms with Gasteiger partial charge in [0.25, 0.3) is 0 Å². The zero-order valence-corrected chi connectivity index (χ0v) is 16.0. The molecule has 6 heteroatoms. The Kier molecular flexibility index (Phi) is 9.36. The van der Waals surface area contributed by atoms with E-state index in [4.69, 9.17) is 10.5 Å². The van der Waals surface area contributed by atoms with Crippen LogP contribution in [0, 0.1) is 0 Å². The van der Waals surface area contributed by atoms with Gasteiger partial charge in [-0.2, -0.15) is 0 Å². The molecular weight excluding hydrogens is 417 g/mol. The van der Waals surface area contributed by atoms with Gasteiger partial charge in [-0.3, -0.25) is 4.99 Å². The molecule has 5 nitrogen and oxygen atoms in total. The van der Waals surface area contributed by atoms with Crippen molar-refractivity contribution < 1.29 is 9.84 Å². The second kappa shape index (κ2) is 11.0. The molecule has 0 fully saturated rings. The van der Waals surface area contributed by atoms with E-state index in [-0.39, 0.29) is 36.5 Å². The van der Waals surface area contributed by atoms with Gasteiger partial charge in [0.05, 0.1) is 19.3 Å². The van der Waals surface area contributed by atoms with E-state index < -0.39 is 6.10 Å². The molecular formula is C18H24IN3O2. The van der Waals surface area contributed by atoms with Gasteiger partial charge in [-0.15, -0.1) is 24.0 Å². The van der Waals surface area contributed by atoms with Crippen LogP contribution in [-0.4, -0.2) is 30.8 Å². The summed E-state index contributed by atoms with van der Waals surface area (Å²) in [5, 5.41) is 13.1. The van der Waals surface area contributed by atoms with Gasteiger partial charge in [-0.05, 0) is 11.6 Å². The smallest absolute Gasteiger partial charge is 0.193 e. The van der Waals surface area contributed by atoms with Crippen molar-refractivity contribution in [2.24, 2.45) is 10.7 Å². The maximum absolute atomic E-state index is 10.0. The Balaban J connectivity index is 0.00000288. The molecule has 0 radical (unpaired) electrons. The number of nitrogens with one attached hydrogen (secondary N) is 1. The maximum Gasteiger partial charge on any atom is 0.193 e. The Morgan fingerprint density at radius 2 is 1.83 bits per heavy atom. The molecule has 1 atom stereocenters. The van der Waals surface area contributed by atoms with Crippen LogP contribution < -0.4 is 11.1 Å². The number of hydrogen-bond donors (Lipinski definition) is 3. The van der Waals surface area contributed by atoms with Crippen molar-refractivity contribution in [3.05, 3.63) is 65.7 Å². The highest BCUT2D eigenvalue weighted by molar-refractivity contribution is 14.0. The minimum atomic E-state index is -0.563. The Bertz CT molecular complexity index is 635. The van der Waals surface area contributed by atoms with E-state index in [2.05, 4.69) is 10.3 Å². The van der Waals surface area contributed by atoms with Crippen molar-refractivity contribution >= 4 is 35.6 Å². The van der Waals surface area contributed by atoms with Crippen molar-refractivity contribution in [1.82, 2.24) is 0 Å². The number of halogens is 1. The standard InChI is InChI=1S/C18H23N3O2.HI/c1-23-13-15-9-5-6-10-17(15)21-18(19)20-12-16(22)11-14-7-3-2-4-8-14;/h2-10,16,22H,11-13H2,1H3,(H3,19,20,21);1H. The van der Waals surface area contributed by atoms with E-state index >= 15 is 0 Å². The second-order valence-electron chi connectivity index (χ2n) is 5.28. The summed E-state index contributed by atoms with van der Waals surface area (Å²) in [6, 6.07) is 17.6. The third-order valence-corrected chi connectivity index (χ3v) is 3.37. The number of anilines is 1. The lowest BCUT2D eigenvalue weighted by Gasteiger charge is -2.12. The van der Waals surface area contributed by atoms with Gasteiger partial charge < -0.3 is 20.9 Å². The number of nitrogens with zero attached hydrogens (tertiary/aromatic N) is 1. The molecule has 4 N–H and O–H groups in total. The molecule has 0 bridgehead atoms. The van der Waals surface area contributed by atoms with E-state index in [0.717, 1.165) is 16.8 Å². The highest BCUT2D eigenvalue weighted by Crippen LogP contribution is 2.15. The lowest BCUT2D eigenvalue weighted by Crippen LogP contribution is -2.26. The highest BCUT2D eigenvalue weighted by atomic mass is 127. The summed E-state index contributed by atoms with van der Waals surface area (Å²) in [5.41, 5.74) is 8.83. The van der Waals surface area contributed by atoms with Gasteiger partial charge in [0.1, 0.15) is 0 Å². The summed E-state index contributed by atoms with van der Waals surface area (Å²) in [5.74, 6) is 0.278. The van der Waals surface area contributed by atoms with Crippen molar-refractivity contribution in [2.45, 2.75) is 19.1 Å². The summed E-state index contributed by atoms with van der Waals surface area (Å²) in [4.78, 5) is 4.21. The number of aliphatic hydroxyl groups is 1. The molecule has 0 aliphatic rings. The Morgan fingerprint density at radius 1 is 1.17 bits per heavy atom. The Hall–Kier alpha value is -1.64. The zero-order chi connectivity index (χ0) is 16.5. The van der Waals surface area contributed by atoms with Crippen LogP contribution in [0.25, 0.3) is 0 Å². The van der Waals surface area contributed by atoms with E-state index in [9.17, 15) is 5.11 Å². The largest absolute Gasteiger partial charge is 0.391 e. The maximum atomic E-state index is 10.0. The van der Waals surface area contributed by atoms with Crippen LogP contribution in [0.4, 0.5) is 5.69 Å². The third kappa shape index (κ3) is 6.86. The first-order chi connectivity index (χ1) is 11.2. The summed E-state index contributed by atoms with van der Waals surface area (Å²) in [7, 11) is 1.65. The second-order valence-corrected chi connectivity index (χ2v) is 5.28. The first kappa shape index (κ1) is 20.4. The third-order valence-electron chi connectivity index (χ3n) is 3.37. The number of aliphatic hydroxyl groups excluding tert-OH is 1. The summed E-state index contributed by atoms with van der Waals surface area (Å²) < 4.78 is 5.15. The minimum Gasteiger partial charge on any atom is -0.391 e. The van der Waals surface area contributed by atoms with Gasteiger partial charge in [0.2, 0.25) is 0 Å². The number of ether oxygens (including phenoxy) is 1. The molecule has 24 heavy (non-hydrogen) atoms. The molecule has 0 aliphatic heterocycles. The Morgan fingerprint density at radius 3 is 2.54 bits per heavy atom. The van der Waals surface area contributed by atoms with Crippen LogP contribution in [0.5, 0.6) is 0 Å². The number of guanidine groups is 1. The average Bonchev–Trinajstić information content (AvgIpc) is 2.56. The molecule has 2 aromatic rings. The van der Waals surface area contributed by atoms with Crippen LogP contribution in [-0.2, 0) is 17.8 Å². The number of aliphatic imine (C=N–C) groups is 1. The van der Waals surface area contributed by atoms with Crippen LogP contribution in [0.15, 0.2) is 59.6 Å². The first-order valence-corrected chi connectivity index (χ1v) is 7.55. The molecule has 0 spiro atoms. The quantitative estimate of drug-likeness (QED) is 0.351. The molecule has 0 amide bonds. The van der Waals surface area contributed by atoms with Gasteiger partial charge in [-0.25, -0.2) is 0 Å². The van der Waals surface area contributed by atoms with E-state index in [1.165, 1.54) is 0 Å². The molecule has 0 aromatic heterocycles. The van der Waals surface area contributed by atoms with Crippen LogP contribution in [0.3, 0.4) is 0 Å². The molecule has 2 rings (SSSR count). The molecule has 2 aromatic carbocycles. The minimum absolute atomic E-state index is 0. The fourth-order valence-electron chi connectivity index (χ4n) is 2.26. The fraction of sp³-hybridized carbons (Fsp3) is 0.278. The summed E-state index contributed by atoms with van der Waals surface area (Å²) >= 11 is 0. The topological polar surface area (TPSA) is 79.9 Å². The zero-order valence-electron chi connectivity index (χ0n) is 13.7. The van der Waals surface area contributed by atoms with Gasteiger partial charge in [0, 0.05) is 24.8 Å². The molecule has 0 heterocycles. The van der Waals surface area contributed by atoms with Crippen molar-refractivity contribution in [2.75, 3.05) is 19.0 Å². The molecule has 0 aliphatic carbocycles. The number of hydrogen-bond acceptors (Lipinski definition) is 3. The average molecular weight is 441 g/mol. The normalized spacial score (nSPS) is 12.3. The van der Waals surface area contributed by atoms with Crippen molar-refractivity contribution in [1.29, 1.82) is 0 Å². The Labute approximate surface area is 160 Å². The number of benzene rings is 2. The van der Waals surface area contributed by atoms with E-state index in [1.54, 1.807) is 7.11 Å². The van der Waals surface area contributed by atoms with Crippen molar-refractivity contribution in [3.63, 3.8) is 0 Å². The highest BCUT2D eigenvalue weighted by Gasteiger charge is 2.06. The number of rotatable bonds is 7. The number of nitrogens with two attached hydrogens (primary N) is 1. The van der Waals surface area contributed by atoms with E-state index in [1.807, 2.05) is 54.6 Å². The first-order valence-electron chi connectivity index (χ1n) is 7.55. The molecule has 0 saturated carbocycles. The van der Waals surface area contributed by atoms with Crippen LogP contribution in [0.1, 0.15) is 11.1 Å². The van der Waals surface area contributed by atoms with Gasteiger partial charge in [-0.1, -0.05) is 48.5 Å². The predicted molar refractivity (Wildman–Crippen MR) is 109 cm³/mol. The van der Waals surface area contributed by atoms with E-state index in [0.29, 0.717) is 13.0 Å². The van der Waals surface area contributed by atoms with Gasteiger partial charge in [0.15, 0.2) is 5.96 Å². The SMILES string of the molecule is COCc1ccccc1NC(N)=NCC(O)Cc1ccccc1.I. The molecule has 1 unspecified atom stereocenters. The van der Waals surface area contributed by atoms with Crippen molar-refractivity contribution in [3.8, 4) is 0 Å². The molecule has 0 saturated heterocycles. The molecule has 130 valence electrons. The predicted octanol–water partition coefficient (Wildman–Crippen LogP) is 2.78. The summed E-state index contributed by atoms with van der Waals surface area (Å²) in [6.07, 6.45) is -0.00954. The lowest BCUT2D eigenvalue weighted by atomic mass is 10.1. The fourth-order valence-corrected chi connectivity index (χ4v) is 2.26. The number of methoxy groups -OCH3 is 1. The van der Waals surface area contributed by atoms with Crippen LogP contribution in [0.2, 0.25) is 0 Å². The lowest BCUT2D eigenvalue weighted by molar-refractivity contribution is 0.184. The van der Waals surface area contributed by atoms with Crippen LogP contribution >= 0.6 is 24.0 Å².